The maximum absolute atomic E-state index is 14.0. The number of rotatable bonds is 5. The Hall–Kier alpha value is -4.71. The van der Waals surface area contributed by atoms with E-state index in [4.69, 9.17) is 9.47 Å². The molecule has 0 radical (unpaired) electrons. The number of anilines is 1. The van der Waals surface area contributed by atoms with Gasteiger partial charge in [0.15, 0.2) is 0 Å². The zero-order valence-corrected chi connectivity index (χ0v) is 20.6. The summed E-state index contributed by atoms with van der Waals surface area (Å²) in [4.78, 5) is 29.1. The molecule has 8 nitrogen and oxygen atoms in total. The van der Waals surface area contributed by atoms with Gasteiger partial charge < -0.3 is 9.47 Å². The van der Waals surface area contributed by atoms with E-state index in [0.29, 0.717) is 47.0 Å². The SMILES string of the molecule is CC12CCC(CCOc3cccc(C#N)c3C#N)(O1)C1C(=O)N(c3ccc(C#N)c4ccccc34)C(=O)C12. The zero-order valence-electron chi connectivity index (χ0n) is 20.6. The van der Waals surface area contributed by atoms with Crippen LogP contribution < -0.4 is 9.64 Å². The normalized spacial score (nSPS) is 27.2. The van der Waals surface area contributed by atoms with Crippen molar-refractivity contribution in [1.29, 1.82) is 15.8 Å². The van der Waals surface area contributed by atoms with Crippen LogP contribution >= 0.6 is 0 Å². The van der Waals surface area contributed by atoms with Crippen molar-refractivity contribution in [3.8, 4) is 24.0 Å². The number of nitriles is 3. The Morgan fingerprint density at radius 3 is 2.37 bits per heavy atom. The third-order valence-corrected chi connectivity index (χ3v) is 8.32. The van der Waals surface area contributed by atoms with Crippen LogP contribution in [0.1, 0.15) is 42.9 Å². The minimum atomic E-state index is -0.872. The smallest absolute Gasteiger partial charge is 0.240 e. The van der Waals surface area contributed by atoms with Gasteiger partial charge in [-0.25, -0.2) is 4.90 Å². The van der Waals surface area contributed by atoms with Gasteiger partial charge in [0.1, 0.15) is 23.5 Å². The van der Waals surface area contributed by atoms with E-state index in [1.807, 2.05) is 43.3 Å². The summed E-state index contributed by atoms with van der Waals surface area (Å²) in [6.45, 7) is 2.06. The van der Waals surface area contributed by atoms with Gasteiger partial charge >= 0.3 is 0 Å². The van der Waals surface area contributed by atoms with Crippen molar-refractivity contribution in [3.63, 3.8) is 0 Å². The molecular weight excluding hydrogens is 480 g/mol. The van der Waals surface area contributed by atoms with Crippen LogP contribution in [-0.2, 0) is 14.3 Å². The highest BCUT2D eigenvalue weighted by Gasteiger charge is 2.73. The van der Waals surface area contributed by atoms with Gasteiger partial charge in [0.25, 0.3) is 0 Å². The fraction of sp³-hybridized carbons (Fsp3) is 0.300. The van der Waals surface area contributed by atoms with Crippen molar-refractivity contribution >= 4 is 28.3 Å². The molecule has 38 heavy (non-hydrogen) atoms. The second kappa shape index (κ2) is 8.42. The number of hydrogen-bond donors (Lipinski definition) is 0. The van der Waals surface area contributed by atoms with Gasteiger partial charge in [0.05, 0.1) is 52.5 Å². The van der Waals surface area contributed by atoms with Crippen LogP contribution in [0.5, 0.6) is 5.75 Å². The third kappa shape index (κ3) is 3.16. The number of hydrogen-bond acceptors (Lipinski definition) is 7. The number of carbonyl (C=O) groups is 2. The summed E-state index contributed by atoms with van der Waals surface area (Å²) in [6.07, 6.45) is 1.60. The molecule has 2 bridgehead atoms. The number of fused-ring (bicyclic) bond motifs is 6. The van der Waals surface area contributed by atoms with E-state index < -0.39 is 23.0 Å². The summed E-state index contributed by atoms with van der Waals surface area (Å²) >= 11 is 0. The van der Waals surface area contributed by atoms with E-state index in [1.165, 1.54) is 4.90 Å². The van der Waals surface area contributed by atoms with Crippen LogP contribution in [0.2, 0.25) is 0 Å². The molecule has 0 N–H and O–H groups in total. The van der Waals surface area contributed by atoms with Gasteiger partial charge in [-0.2, -0.15) is 15.8 Å². The van der Waals surface area contributed by atoms with Crippen molar-refractivity contribution in [2.75, 3.05) is 11.5 Å². The van der Waals surface area contributed by atoms with Crippen LogP contribution in [0, 0.1) is 45.8 Å². The highest BCUT2D eigenvalue weighted by molar-refractivity contribution is 6.26. The quantitative estimate of drug-likeness (QED) is 0.475. The largest absolute Gasteiger partial charge is 0.492 e. The molecule has 3 saturated heterocycles. The molecule has 0 spiro atoms. The van der Waals surface area contributed by atoms with Gasteiger partial charge in [-0.3, -0.25) is 9.59 Å². The first-order valence-electron chi connectivity index (χ1n) is 12.4. The first-order valence-corrected chi connectivity index (χ1v) is 12.4. The lowest BCUT2D eigenvalue weighted by Gasteiger charge is -2.31. The third-order valence-electron chi connectivity index (χ3n) is 8.32. The molecule has 3 fully saturated rings. The van der Waals surface area contributed by atoms with E-state index in [9.17, 15) is 25.4 Å². The Morgan fingerprint density at radius 2 is 1.63 bits per heavy atom. The van der Waals surface area contributed by atoms with Gasteiger partial charge in [-0.05, 0) is 44.0 Å². The molecule has 186 valence electrons. The summed E-state index contributed by atoms with van der Waals surface area (Å²) in [5.74, 6) is -1.56. The molecule has 4 atom stereocenters. The number of benzene rings is 3. The molecule has 8 heteroatoms. The van der Waals surface area contributed by atoms with E-state index >= 15 is 0 Å². The molecule has 2 amide bonds. The molecule has 0 saturated carbocycles. The summed E-state index contributed by atoms with van der Waals surface area (Å²) in [7, 11) is 0. The Kier molecular flexibility index (Phi) is 5.24. The second-order valence-corrected chi connectivity index (χ2v) is 10.2. The van der Waals surface area contributed by atoms with Crippen LogP contribution in [0.15, 0.2) is 54.6 Å². The number of amides is 2. The van der Waals surface area contributed by atoms with E-state index in [0.717, 1.165) is 0 Å². The minimum absolute atomic E-state index is 0.157. The van der Waals surface area contributed by atoms with Gasteiger partial charge in [0, 0.05) is 17.2 Å². The number of nitrogens with zero attached hydrogens (tertiary/aromatic N) is 4. The lowest BCUT2D eigenvalue weighted by molar-refractivity contribution is -0.131. The number of ether oxygens (including phenoxy) is 2. The zero-order chi connectivity index (χ0) is 26.7. The molecule has 3 aromatic carbocycles. The Labute approximate surface area is 219 Å². The topological polar surface area (TPSA) is 127 Å². The predicted molar refractivity (Wildman–Crippen MR) is 136 cm³/mol. The van der Waals surface area contributed by atoms with E-state index in [2.05, 4.69) is 6.07 Å². The predicted octanol–water partition coefficient (Wildman–Crippen LogP) is 4.35. The van der Waals surface area contributed by atoms with Crippen LogP contribution in [0.3, 0.4) is 0 Å². The van der Waals surface area contributed by atoms with Crippen LogP contribution in [0.4, 0.5) is 5.69 Å². The highest BCUT2D eigenvalue weighted by atomic mass is 16.5. The summed E-state index contributed by atoms with van der Waals surface area (Å²) in [6, 6.07) is 21.6. The lowest BCUT2D eigenvalue weighted by Crippen LogP contribution is -2.43. The molecule has 3 aliphatic rings. The average molecular weight is 503 g/mol. The van der Waals surface area contributed by atoms with Crippen molar-refractivity contribution in [3.05, 3.63) is 71.3 Å². The Balaban J connectivity index is 1.33. The molecule has 3 heterocycles. The maximum atomic E-state index is 14.0. The number of imide groups is 1. The van der Waals surface area contributed by atoms with Crippen molar-refractivity contribution in [2.24, 2.45) is 11.8 Å². The summed E-state index contributed by atoms with van der Waals surface area (Å²) in [5.41, 5.74) is -0.290. The molecule has 4 unspecified atom stereocenters. The van der Waals surface area contributed by atoms with Crippen LogP contribution in [0.25, 0.3) is 10.8 Å². The number of carbonyl (C=O) groups excluding carboxylic acids is 2. The van der Waals surface area contributed by atoms with Gasteiger partial charge in [-0.1, -0.05) is 30.3 Å². The Morgan fingerprint density at radius 1 is 0.895 bits per heavy atom. The minimum Gasteiger partial charge on any atom is -0.492 e. The first kappa shape index (κ1) is 23.7. The molecule has 3 aliphatic heterocycles. The average Bonchev–Trinajstić information content (AvgIpc) is 3.52. The molecule has 6 rings (SSSR count). The summed E-state index contributed by atoms with van der Waals surface area (Å²) in [5, 5.41) is 29.7. The van der Waals surface area contributed by atoms with E-state index in [-0.39, 0.29) is 29.5 Å². The van der Waals surface area contributed by atoms with Crippen molar-refractivity contribution in [2.45, 2.75) is 37.4 Å². The second-order valence-electron chi connectivity index (χ2n) is 10.2. The van der Waals surface area contributed by atoms with Gasteiger partial charge in [0.2, 0.25) is 11.8 Å². The highest BCUT2D eigenvalue weighted by Crippen LogP contribution is 2.62. The van der Waals surface area contributed by atoms with Crippen molar-refractivity contribution < 1.29 is 19.1 Å². The standard InChI is InChI=1S/C30H22N4O4/c1-29-11-12-30(38-29,13-14-37-24-8-4-5-18(15-31)22(24)17-33)26-25(29)27(35)34(28(26)36)23-10-9-19(16-32)20-6-2-3-7-21(20)23/h2-10,25-26H,11-14H2,1H3. The monoisotopic (exact) mass is 502 g/mol. The fourth-order valence-corrected chi connectivity index (χ4v) is 6.62. The molecule has 3 aromatic rings. The first-order chi connectivity index (χ1) is 18.4. The molecular formula is C30H22N4O4. The van der Waals surface area contributed by atoms with Crippen molar-refractivity contribution in [1.82, 2.24) is 0 Å². The molecule has 0 aromatic heterocycles. The Bertz CT molecular complexity index is 1660. The van der Waals surface area contributed by atoms with Gasteiger partial charge in [-0.15, -0.1) is 0 Å². The van der Waals surface area contributed by atoms with Crippen LogP contribution in [-0.4, -0.2) is 29.6 Å². The maximum Gasteiger partial charge on any atom is 0.240 e. The fourth-order valence-electron chi connectivity index (χ4n) is 6.62. The lowest BCUT2D eigenvalue weighted by atomic mass is 9.67. The van der Waals surface area contributed by atoms with E-state index in [1.54, 1.807) is 30.3 Å². The summed E-state index contributed by atoms with van der Waals surface area (Å²) < 4.78 is 12.4. The molecule has 0 aliphatic carbocycles.